The van der Waals surface area contributed by atoms with E-state index in [1.165, 1.54) is 0 Å². The summed E-state index contributed by atoms with van der Waals surface area (Å²) in [6.45, 7) is 2.62. The van der Waals surface area contributed by atoms with Crippen molar-refractivity contribution in [3.63, 3.8) is 0 Å². The van der Waals surface area contributed by atoms with Crippen LogP contribution in [0.5, 0.6) is 0 Å². The number of carbonyl (C=O) groups is 2. The van der Waals surface area contributed by atoms with E-state index in [-0.39, 0.29) is 23.7 Å². The lowest BCUT2D eigenvalue weighted by atomic mass is 10.2. The zero-order valence-corrected chi connectivity index (χ0v) is 11.3. The molecule has 0 heterocycles. The van der Waals surface area contributed by atoms with Crippen LogP contribution in [-0.4, -0.2) is 18.4 Å². The first-order valence-electron chi connectivity index (χ1n) is 6.75. The smallest absolute Gasteiger partial charge is 0.228 e. The quantitative estimate of drug-likeness (QED) is 0.854. The van der Waals surface area contributed by atoms with Crippen molar-refractivity contribution in [2.45, 2.75) is 19.8 Å². The molecule has 2 atom stereocenters. The highest BCUT2D eigenvalue weighted by Crippen LogP contribution is 2.39. The first-order chi connectivity index (χ1) is 9.67. The fraction of sp³-hybridized carbons (Fsp3) is 0.400. The maximum absolute atomic E-state index is 12.0. The summed E-state index contributed by atoms with van der Waals surface area (Å²) in [6, 6.07) is 8.86. The van der Waals surface area contributed by atoms with Gasteiger partial charge in [0.05, 0.1) is 23.1 Å². The average Bonchev–Trinajstić information content (AvgIpc) is 3.26. The second kappa shape index (κ2) is 6.20. The molecule has 0 aliphatic heterocycles. The third-order valence-electron chi connectivity index (χ3n) is 3.32. The van der Waals surface area contributed by atoms with Crippen molar-refractivity contribution >= 4 is 17.5 Å². The number of nitriles is 1. The molecule has 5 nitrogen and oxygen atoms in total. The monoisotopic (exact) mass is 271 g/mol. The number of hydrogen-bond donors (Lipinski definition) is 2. The van der Waals surface area contributed by atoms with Crippen LogP contribution in [0.25, 0.3) is 0 Å². The van der Waals surface area contributed by atoms with E-state index in [0.717, 1.165) is 6.42 Å². The molecule has 1 aliphatic rings. The maximum atomic E-state index is 12.0. The summed E-state index contributed by atoms with van der Waals surface area (Å²) in [5, 5.41) is 14.5. The van der Waals surface area contributed by atoms with Gasteiger partial charge in [0.1, 0.15) is 6.07 Å². The van der Waals surface area contributed by atoms with Gasteiger partial charge in [0.25, 0.3) is 0 Å². The Morgan fingerprint density at radius 1 is 1.30 bits per heavy atom. The molecule has 5 heteroatoms. The van der Waals surface area contributed by atoms with E-state index in [4.69, 9.17) is 5.26 Å². The highest BCUT2D eigenvalue weighted by Gasteiger charge is 2.47. The summed E-state index contributed by atoms with van der Waals surface area (Å²) >= 11 is 0. The molecule has 0 saturated heterocycles. The van der Waals surface area contributed by atoms with Crippen LogP contribution in [-0.2, 0) is 9.59 Å². The van der Waals surface area contributed by atoms with Crippen molar-refractivity contribution in [1.82, 2.24) is 5.32 Å². The highest BCUT2D eigenvalue weighted by molar-refractivity contribution is 6.00. The maximum Gasteiger partial charge on any atom is 0.228 e. The number of nitrogens with zero attached hydrogens (tertiary/aromatic N) is 1. The van der Waals surface area contributed by atoms with Gasteiger partial charge in [0.2, 0.25) is 11.8 Å². The minimum atomic E-state index is -0.279. The minimum Gasteiger partial charge on any atom is -0.356 e. The predicted octanol–water partition coefficient (Wildman–Crippen LogP) is 1.66. The Morgan fingerprint density at radius 2 is 2.00 bits per heavy atom. The lowest BCUT2D eigenvalue weighted by Crippen LogP contribution is -2.28. The molecular formula is C15H17N3O2. The SMILES string of the molecule is CCCNC(=O)C1CC1C(=O)Nc1ccccc1C#N. The Kier molecular flexibility index (Phi) is 4.36. The van der Waals surface area contributed by atoms with Crippen LogP contribution < -0.4 is 10.6 Å². The molecule has 1 aromatic rings. The number of rotatable bonds is 5. The Hall–Kier alpha value is -2.35. The van der Waals surface area contributed by atoms with Crippen molar-refractivity contribution in [2.24, 2.45) is 11.8 Å². The Balaban J connectivity index is 1.91. The van der Waals surface area contributed by atoms with Gasteiger partial charge in [0.15, 0.2) is 0 Å². The van der Waals surface area contributed by atoms with E-state index < -0.39 is 0 Å². The molecular weight excluding hydrogens is 254 g/mol. The van der Waals surface area contributed by atoms with E-state index in [0.29, 0.717) is 24.2 Å². The molecule has 1 saturated carbocycles. The number of nitrogens with one attached hydrogen (secondary N) is 2. The first kappa shape index (κ1) is 14.1. The van der Waals surface area contributed by atoms with Gasteiger partial charge in [-0.15, -0.1) is 0 Å². The van der Waals surface area contributed by atoms with Gasteiger partial charge in [-0.05, 0) is 25.0 Å². The zero-order valence-electron chi connectivity index (χ0n) is 11.3. The normalized spacial score (nSPS) is 19.8. The van der Waals surface area contributed by atoms with Crippen LogP contribution in [0.4, 0.5) is 5.69 Å². The first-order valence-corrected chi connectivity index (χ1v) is 6.75. The molecule has 0 spiro atoms. The van der Waals surface area contributed by atoms with Gasteiger partial charge < -0.3 is 10.6 Å². The number of amides is 2. The van der Waals surface area contributed by atoms with Gasteiger partial charge in [-0.1, -0.05) is 19.1 Å². The Bertz CT molecular complexity index is 562. The topological polar surface area (TPSA) is 82.0 Å². The zero-order chi connectivity index (χ0) is 14.5. The van der Waals surface area contributed by atoms with E-state index in [1.54, 1.807) is 24.3 Å². The van der Waals surface area contributed by atoms with E-state index in [9.17, 15) is 9.59 Å². The Morgan fingerprint density at radius 3 is 2.70 bits per heavy atom. The molecule has 2 rings (SSSR count). The lowest BCUT2D eigenvalue weighted by Gasteiger charge is -2.06. The van der Waals surface area contributed by atoms with E-state index in [1.807, 2.05) is 13.0 Å². The number of hydrogen-bond acceptors (Lipinski definition) is 3. The molecule has 2 amide bonds. The molecule has 104 valence electrons. The number of anilines is 1. The van der Waals surface area contributed by atoms with Crippen molar-refractivity contribution < 1.29 is 9.59 Å². The molecule has 2 unspecified atom stereocenters. The van der Waals surface area contributed by atoms with Crippen molar-refractivity contribution in [1.29, 1.82) is 5.26 Å². The summed E-state index contributed by atoms with van der Waals surface area (Å²) in [7, 11) is 0. The largest absolute Gasteiger partial charge is 0.356 e. The van der Waals surface area contributed by atoms with Crippen LogP contribution in [0.15, 0.2) is 24.3 Å². The van der Waals surface area contributed by atoms with Gasteiger partial charge in [-0.3, -0.25) is 9.59 Å². The van der Waals surface area contributed by atoms with Crippen molar-refractivity contribution in [2.75, 3.05) is 11.9 Å². The molecule has 1 aromatic carbocycles. The van der Waals surface area contributed by atoms with E-state index >= 15 is 0 Å². The fourth-order valence-corrected chi connectivity index (χ4v) is 2.07. The summed E-state index contributed by atoms with van der Waals surface area (Å²) in [5.74, 6) is -0.751. The Labute approximate surface area is 118 Å². The second-order valence-corrected chi connectivity index (χ2v) is 4.89. The van der Waals surface area contributed by atoms with Gasteiger partial charge in [0, 0.05) is 6.54 Å². The molecule has 1 fully saturated rings. The summed E-state index contributed by atoms with van der Waals surface area (Å²) in [5.41, 5.74) is 0.924. The summed E-state index contributed by atoms with van der Waals surface area (Å²) in [4.78, 5) is 23.7. The van der Waals surface area contributed by atoms with Crippen LogP contribution in [0, 0.1) is 23.2 Å². The molecule has 20 heavy (non-hydrogen) atoms. The van der Waals surface area contributed by atoms with Crippen molar-refractivity contribution in [3.05, 3.63) is 29.8 Å². The number of para-hydroxylation sites is 1. The summed E-state index contributed by atoms with van der Waals surface area (Å²) in [6.07, 6.45) is 1.46. The average molecular weight is 271 g/mol. The number of benzene rings is 1. The van der Waals surface area contributed by atoms with Gasteiger partial charge in [-0.2, -0.15) is 5.26 Å². The fourth-order valence-electron chi connectivity index (χ4n) is 2.07. The third kappa shape index (κ3) is 3.15. The summed E-state index contributed by atoms with van der Waals surface area (Å²) < 4.78 is 0. The van der Waals surface area contributed by atoms with Gasteiger partial charge in [-0.25, -0.2) is 0 Å². The number of carbonyl (C=O) groups excluding carboxylic acids is 2. The van der Waals surface area contributed by atoms with Crippen LogP contribution in [0.3, 0.4) is 0 Å². The highest BCUT2D eigenvalue weighted by atomic mass is 16.2. The predicted molar refractivity (Wildman–Crippen MR) is 74.7 cm³/mol. The van der Waals surface area contributed by atoms with E-state index in [2.05, 4.69) is 10.6 Å². The molecule has 2 N–H and O–H groups in total. The third-order valence-corrected chi connectivity index (χ3v) is 3.32. The molecule has 0 radical (unpaired) electrons. The standard InChI is InChI=1S/C15H17N3O2/c1-2-7-17-14(19)11-8-12(11)15(20)18-13-6-4-3-5-10(13)9-16/h3-6,11-12H,2,7-8H2,1H3,(H,17,19)(H,18,20). The lowest BCUT2D eigenvalue weighted by molar-refractivity contribution is -0.125. The molecule has 0 aromatic heterocycles. The van der Waals surface area contributed by atoms with Crippen LogP contribution in [0.2, 0.25) is 0 Å². The molecule has 1 aliphatic carbocycles. The molecule has 0 bridgehead atoms. The van der Waals surface area contributed by atoms with Crippen LogP contribution >= 0.6 is 0 Å². The second-order valence-electron chi connectivity index (χ2n) is 4.89. The minimum absolute atomic E-state index is 0.0550. The van der Waals surface area contributed by atoms with Gasteiger partial charge >= 0.3 is 0 Å². The van der Waals surface area contributed by atoms with Crippen LogP contribution in [0.1, 0.15) is 25.3 Å². The van der Waals surface area contributed by atoms with Crippen molar-refractivity contribution in [3.8, 4) is 6.07 Å².